The maximum Gasteiger partial charge on any atom is 0.242 e. The van der Waals surface area contributed by atoms with Gasteiger partial charge in [-0.25, -0.2) is 4.39 Å². The van der Waals surface area contributed by atoms with E-state index in [1.165, 1.54) is 6.07 Å². The van der Waals surface area contributed by atoms with Crippen LogP contribution in [0.15, 0.2) is 48.5 Å². The summed E-state index contributed by atoms with van der Waals surface area (Å²) < 4.78 is 19.3. The van der Waals surface area contributed by atoms with Gasteiger partial charge >= 0.3 is 0 Å². The molecule has 0 saturated carbocycles. The van der Waals surface area contributed by atoms with Crippen LogP contribution in [-0.2, 0) is 16.1 Å². The standard InChI is InChI=1S/C18H17FN2O3/c19-13-6-2-4-8-16(13)24-15-7-3-1-5-12(15)11-20-18(23)14-9-10-17(22)21-14/h1-8,14H,9-11H2,(H,20,23)(H,21,22)/t14-/m0/s1. The lowest BCUT2D eigenvalue weighted by atomic mass is 10.1. The number of ether oxygens (including phenoxy) is 1. The van der Waals surface area contributed by atoms with E-state index in [1.807, 2.05) is 6.07 Å². The first-order valence-corrected chi connectivity index (χ1v) is 7.71. The Labute approximate surface area is 138 Å². The fraction of sp³-hybridized carbons (Fsp3) is 0.222. The molecule has 1 fully saturated rings. The lowest BCUT2D eigenvalue weighted by Gasteiger charge is -2.14. The summed E-state index contributed by atoms with van der Waals surface area (Å²) in [6, 6.07) is 12.7. The Morgan fingerprint density at radius 2 is 1.88 bits per heavy atom. The molecule has 1 aliphatic heterocycles. The quantitative estimate of drug-likeness (QED) is 0.886. The fourth-order valence-corrected chi connectivity index (χ4v) is 2.51. The van der Waals surface area contributed by atoms with Crippen molar-refractivity contribution in [1.29, 1.82) is 0 Å². The van der Waals surface area contributed by atoms with Crippen molar-refractivity contribution in [2.24, 2.45) is 0 Å². The molecule has 6 heteroatoms. The van der Waals surface area contributed by atoms with Gasteiger partial charge < -0.3 is 15.4 Å². The SMILES string of the molecule is O=C1CC[C@@H](C(=O)NCc2ccccc2Oc2ccccc2F)N1. The molecule has 1 heterocycles. The highest BCUT2D eigenvalue weighted by Gasteiger charge is 2.26. The predicted octanol–water partition coefficient (Wildman–Crippen LogP) is 2.51. The molecule has 1 saturated heterocycles. The number of halogens is 1. The summed E-state index contributed by atoms with van der Waals surface area (Å²) in [7, 11) is 0. The van der Waals surface area contributed by atoms with Gasteiger partial charge in [-0.2, -0.15) is 0 Å². The first kappa shape index (κ1) is 16.0. The zero-order valence-electron chi connectivity index (χ0n) is 12.9. The second kappa shape index (κ2) is 7.12. The summed E-state index contributed by atoms with van der Waals surface area (Å²) in [5.74, 6) is -0.206. The largest absolute Gasteiger partial charge is 0.454 e. The minimum Gasteiger partial charge on any atom is -0.454 e. The summed E-state index contributed by atoms with van der Waals surface area (Å²) in [5, 5.41) is 5.39. The van der Waals surface area contributed by atoms with Crippen molar-refractivity contribution < 1.29 is 18.7 Å². The summed E-state index contributed by atoms with van der Waals surface area (Å²) in [5.41, 5.74) is 0.721. The van der Waals surface area contributed by atoms with E-state index >= 15 is 0 Å². The Kier molecular flexibility index (Phi) is 4.74. The number of benzene rings is 2. The minimum absolute atomic E-state index is 0.113. The van der Waals surface area contributed by atoms with E-state index in [4.69, 9.17) is 4.74 Å². The molecule has 2 aromatic carbocycles. The molecular weight excluding hydrogens is 311 g/mol. The van der Waals surface area contributed by atoms with Crippen LogP contribution in [0.2, 0.25) is 0 Å². The number of para-hydroxylation sites is 2. The van der Waals surface area contributed by atoms with Gasteiger partial charge in [-0.05, 0) is 24.6 Å². The smallest absolute Gasteiger partial charge is 0.242 e. The van der Waals surface area contributed by atoms with Crippen molar-refractivity contribution in [2.75, 3.05) is 0 Å². The number of carbonyl (C=O) groups is 2. The lowest BCUT2D eigenvalue weighted by molar-refractivity contribution is -0.125. The maximum absolute atomic E-state index is 13.7. The van der Waals surface area contributed by atoms with Gasteiger partial charge in [0.2, 0.25) is 11.8 Å². The number of rotatable bonds is 5. The molecule has 2 N–H and O–H groups in total. The van der Waals surface area contributed by atoms with Gasteiger partial charge in [-0.15, -0.1) is 0 Å². The highest BCUT2D eigenvalue weighted by molar-refractivity contribution is 5.90. The Balaban J connectivity index is 1.67. The van der Waals surface area contributed by atoms with Gasteiger partial charge in [0.1, 0.15) is 11.8 Å². The average molecular weight is 328 g/mol. The van der Waals surface area contributed by atoms with Crippen molar-refractivity contribution in [3.63, 3.8) is 0 Å². The molecule has 0 aromatic heterocycles. The molecule has 0 bridgehead atoms. The normalized spacial score (nSPS) is 16.5. The fourth-order valence-electron chi connectivity index (χ4n) is 2.51. The monoisotopic (exact) mass is 328 g/mol. The van der Waals surface area contributed by atoms with Crippen molar-refractivity contribution in [2.45, 2.75) is 25.4 Å². The second-order valence-corrected chi connectivity index (χ2v) is 5.52. The van der Waals surface area contributed by atoms with Crippen LogP contribution in [-0.4, -0.2) is 17.9 Å². The molecule has 1 atom stereocenters. The Hall–Kier alpha value is -2.89. The summed E-state index contributed by atoms with van der Waals surface area (Å²) in [4.78, 5) is 23.2. The van der Waals surface area contributed by atoms with Gasteiger partial charge in [-0.1, -0.05) is 30.3 Å². The van der Waals surface area contributed by atoms with E-state index in [1.54, 1.807) is 36.4 Å². The first-order valence-electron chi connectivity index (χ1n) is 7.71. The molecule has 5 nitrogen and oxygen atoms in total. The molecule has 0 spiro atoms. The van der Waals surface area contributed by atoms with Gasteiger partial charge in [0.25, 0.3) is 0 Å². The molecule has 1 aliphatic rings. The van der Waals surface area contributed by atoms with E-state index in [-0.39, 0.29) is 24.1 Å². The van der Waals surface area contributed by atoms with Crippen LogP contribution in [0.4, 0.5) is 4.39 Å². The number of hydrogen-bond donors (Lipinski definition) is 2. The maximum atomic E-state index is 13.7. The average Bonchev–Trinajstić information content (AvgIpc) is 3.02. The topological polar surface area (TPSA) is 67.4 Å². The summed E-state index contributed by atoms with van der Waals surface area (Å²) >= 11 is 0. The van der Waals surface area contributed by atoms with Crippen LogP contribution < -0.4 is 15.4 Å². The number of hydrogen-bond acceptors (Lipinski definition) is 3. The van der Waals surface area contributed by atoms with E-state index < -0.39 is 11.9 Å². The number of amides is 2. The zero-order valence-corrected chi connectivity index (χ0v) is 12.9. The minimum atomic E-state index is -0.489. The Morgan fingerprint density at radius 3 is 2.58 bits per heavy atom. The van der Waals surface area contributed by atoms with Crippen LogP contribution in [0.5, 0.6) is 11.5 Å². The second-order valence-electron chi connectivity index (χ2n) is 5.52. The van der Waals surface area contributed by atoms with Crippen LogP contribution in [0, 0.1) is 5.82 Å². The van der Waals surface area contributed by atoms with Gasteiger partial charge in [0, 0.05) is 18.5 Å². The Bertz CT molecular complexity index is 763. The summed E-state index contributed by atoms with van der Waals surface area (Å²) in [6.45, 7) is 0.232. The van der Waals surface area contributed by atoms with E-state index in [9.17, 15) is 14.0 Å². The molecule has 0 unspecified atom stereocenters. The predicted molar refractivity (Wildman–Crippen MR) is 85.9 cm³/mol. The molecular formula is C18H17FN2O3. The highest BCUT2D eigenvalue weighted by atomic mass is 19.1. The molecule has 0 radical (unpaired) electrons. The first-order chi connectivity index (χ1) is 11.6. The van der Waals surface area contributed by atoms with Gasteiger partial charge in [0.15, 0.2) is 11.6 Å². The molecule has 0 aliphatic carbocycles. The molecule has 2 amide bonds. The van der Waals surface area contributed by atoms with Crippen LogP contribution in [0.25, 0.3) is 0 Å². The highest BCUT2D eigenvalue weighted by Crippen LogP contribution is 2.27. The van der Waals surface area contributed by atoms with Crippen molar-refractivity contribution >= 4 is 11.8 Å². The zero-order chi connectivity index (χ0) is 16.9. The number of carbonyl (C=O) groups excluding carboxylic acids is 2. The van der Waals surface area contributed by atoms with Crippen LogP contribution in [0.3, 0.4) is 0 Å². The number of nitrogens with one attached hydrogen (secondary N) is 2. The third kappa shape index (κ3) is 3.71. The molecule has 24 heavy (non-hydrogen) atoms. The van der Waals surface area contributed by atoms with Crippen LogP contribution >= 0.6 is 0 Å². The molecule has 124 valence electrons. The van der Waals surface area contributed by atoms with E-state index in [0.29, 0.717) is 18.6 Å². The molecule has 3 rings (SSSR count). The van der Waals surface area contributed by atoms with E-state index in [0.717, 1.165) is 5.56 Å². The van der Waals surface area contributed by atoms with Gasteiger partial charge in [-0.3, -0.25) is 9.59 Å². The van der Waals surface area contributed by atoms with Crippen molar-refractivity contribution in [3.05, 3.63) is 59.9 Å². The van der Waals surface area contributed by atoms with Crippen molar-refractivity contribution in [3.8, 4) is 11.5 Å². The Morgan fingerprint density at radius 1 is 1.17 bits per heavy atom. The van der Waals surface area contributed by atoms with Crippen molar-refractivity contribution in [1.82, 2.24) is 10.6 Å². The van der Waals surface area contributed by atoms with E-state index in [2.05, 4.69) is 10.6 Å². The lowest BCUT2D eigenvalue weighted by Crippen LogP contribution is -2.41. The third-order valence-electron chi connectivity index (χ3n) is 3.79. The molecule has 2 aromatic rings. The third-order valence-corrected chi connectivity index (χ3v) is 3.79. The van der Waals surface area contributed by atoms with Gasteiger partial charge in [0.05, 0.1) is 0 Å². The van der Waals surface area contributed by atoms with Crippen LogP contribution in [0.1, 0.15) is 18.4 Å². The summed E-state index contributed by atoms with van der Waals surface area (Å²) in [6.07, 6.45) is 0.864.